The molecule has 2 amide bonds. The van der Waals surface area contributed by atoms with Crippen LogP contribution in [0.3, 0.4) is 0 Å². The van der Waals surface area contributed by atoms with Crippen LogP contribution in [0.2, 0.25) is 0 Å². The third-order valence-corrected chi connectivity index (χ3v) is 2.38. The number of likely N-dealkylation sites (N-methyl/N-ethyl adjacent to an activating group) is 1. The van der Waals surface area contributed by atoms with E-state index >= 15 is 0 Å². The summed E-state index contributed by atoms with van der Waals surface area (Å²) in [5, 5.41) is 1.27. The van der Waals surface area contributed by atoms with Gasteiger partial charge in [0.1, 0.15) is 0 Å². The molecule has 1 aliphatic heterocycles. The van der Waals surface area contributed by atoms with Crippen molar-refractivity contribution in [2.24, 2.45) is 11.3 Å². The van der Waals surface area contributed by atoms with E-state index in [1.807, 2.05) is 0 Å². The third-order valence-electron chi connectivity index (χ3n) is 2.38. The molecule has 1 rings (SSSR count). The summed E-state index contributed by atoms with van der Waals surface area (Å²) in [6, 6.07) is 0.130. The van der Waals surface area contributed by atoms with Crippen molar-refractivity contribution in [3.05, 3.63) is 0 Å². The molecule has 1 aliphatic rings. The minimum atomic E-state index is -0.0880. The standard InChI is InChI=1S/C8H17N3O/c1-8(2,3)6-5-11(9)7(12)10(6)4/h6H,5,9H2,1-4H3. The lowest BCUT2D eigenvalue weighted by atomic mass is 9.87. The van der Waals surface area contributed by atoms with E-state index < -0.39 is 0 Å². The molecule has 4 nitrogen and oxygen atoms in total. The highest BCUT2D eigenvalue weighted by atomic mass is 16.2. The smallest absolute Gasteiger partial charge is 0.321 e. The first kappa shape index (κ1) is 9.32. The van der Waals surface area contributed by atoms with E-state index in [0.717, 1.165) is 0 Å². The molecule has 12 heavy (non-hydrogen) atoms. The fourth-order valence-electron chi connectivity index (χ4n) is 1.58. The van der Waals surface area contributed by atoms with E-state index in [1.165, 1.54) is 5.01 Å². The van der Waals surface area contributed by atoms with Crippen molar-refractivity contribution < 1.29 is 4.79 Å². The van der Waals surface area contributed by atoms with Crippen molar-refractivity contribution in [3.63, 3.8) is 0 Å². The van der Waals surface area contributed by atoms with E-state index in [1.54, 1.807) is 11.9 Å². The first-order chi connectivity index (χ1) is 5.34. The number of amides is 2. The molecule has 70 valence electrons. The van der Waals surface area contributed by atoms with Crippen LogP contribution in [0.1, 0.15) is 20.8 Å². The zero-order chi connectivity index (χ0) is 9.52. The Morgan fingerprint density at radius 2 is 2.00 bits per heavy atom. The highest BCUT2D eigenvalue weighted by molar-refractivity contribution is 5.76. The van der Waals surface area contributed by atoms with Gasteiger partial charge in [-0.2, -0.15) is 0 Å². The molecule has 0 bridgehead atoms. The monoisotopic (exact) mass is 171 g/mol. The summed E-state index contributed by atoms with van der Waals surface area (Å²) in [4.78, 5) is 13.0. The number of rotatable bonds is 0. The SMILES string of the molecule is CN1C(=O)N(N)CC1C(C)(C)C. The lowest BCUT2D eigenvalue weighted by Crippen LogP contribution is -2.39. The number of hydrogen-bond acceptors (Lipinski definition) is 2. The second kappa shape index (κ2) is 2.62. The number of nitrogens with zero attached hydrogens (tertiary/aromatic N) is 2. The molecule has 0 spiro atoms. The van der Waals surface area contributed by atoms with Gasteiger partial charge >= 0.3 is 6.03 Å². The summed E-state index contributed by atoms with van der Waals surface area (Å²) in [7, 11) is 1.80. The maximum absolute atomic E-state index is 11.3. The molecule has 1 atom stereocenters. The van der Waals surface area contributed by atoms with Crippen molar-refractivity contribution in [2.45, 2.75) is 26.8 Å². The van der Waals surface area contributed by atoms with Crippen LogP contribution in [0.25, 0.3) is 0 Å². The third kappa shape index (κ3) is 1.39. The highest BCUT2D eigenvalue weighted by Gasteiger charge is 2.39. The van der Waals surface area contributed by atoms with Crippen LogP contribution in [0.15, 0.2) is 0 Å². The summed E-state index contributed by atoms with van der Waals surface area (Å²) in [6.45, 7) is 6.96. The molecule has 4 heteroatoms. The van der Waals surface area contributed by atoms with Crippen molar-refractivity contribution in [3.8, 4) is 0 Å². The number of urea groups is 1. The zero-order valence-electron chi connectivity index (χ0n) is 8.16. The van der Waals surface area contributed by atoms with Crippen LogP contribution in [-0.2, 0) is 0 Å². The Morgan fingerprint density at radius 1 is 1.50 bits per heavy atom. The Bertz CT molecular complexity index is 197. The number of hydrogen-bond donors (Lipinski definition) is 1. The quantitative estimate of drug-likeness (QED) is 0.429. The van der Waals surface area contributed by atoms with Crippen LogP contribution in [-0.4, -0.2) is 35.6 Å². The lowest BCUT2D eigenvalue weighted by Gasteiger charge is -2.30. The average Bonchev–Trinajstić information content (AvgIpc) is 2.15. The van der Waals surface area contributed by atoms with E-state index in [4.69, 9.17) is 5.84 Å². The number of carbonyl (C=O) groups is 1. The molecular formula is C8H17N3O. The van der Waals surface area contributed by atoms with Gasteiger partial charge in [-0.1, -0.05) is 20.8 Å². The summed E-state index contributed by atoms with van der Waals surface area (Å²) >= 11 is 0. The van der Waals surface area contributed by atoms with Gasteiger partial charge in [0.15, 0.2) is 0 Å². The van der Waals surface area contributed by atoms with Crippen molar-refractivity contribution in [1.82, 2.24) is 9.91 Å². The van der Waals surface area contributed by atoms with E-state index in [9.17, 15) is 4.79 Å². The number of carbonyl (C=O) groups excluding carboxylic acids is 1. The maximum Gasteiger partial charge on any atom is 0.334 e. The largest absolute Gasteiger partial charge is 0.334 e. The fourth-order valence-corrected chi connectivity index (χ4v) is 1.58. The van der Waals surface area contributed by atoms with Gasteiger partial charge in [0.2, 0.25) is 0 Å². The van der Waals surface area contributed by atoms with E-state index in [0.29, 0.717) is 6.54 Å². The van der Waals surface area contributed by atoms with Crippen LogP contribution in [0.5, 0.6) is 0 Å². The first-order valence-electron chi connectivity index (χ1n) is 4.13. The molecule has 0 radical (unpaired) electrons. The topological polar surface area (TPSA) is 49.6 Å². The van der Waals surface area contributed by atoms with Gasteiger partial charge in [-0.25, -0.2) is 10.6 Å². The summed E-state index contributed by atoms with van der Waals surface area (Å²) in [5.74, 6) is 5.50. The molecule has 0 aliphatic carbocycles. The van der Waals surface area contributed by atoms with Gasteiger partial charge in [0.05, 0.1) is 12.6 Å². The summed E-state index contributed by atoms with van der Waals surface area (Å²) < 4.78 is 0. The second-order valence-corrected chi connectivity index (χ2v) is 4.43. The molecule has 0 aromatic rings. The average molecular weight is 171 g/mol. The normalized spacial score (nSPS) is 25.4. The molecule has 1 fully saturated rings. The zero-order valence-corrected chi connectivity index (χ0v) is 8.16. The molecule has 1 heterocycles. The summed E-state index contributed by atoms with van der Waals surface area (Å²) in [6.07, 6.45) is 0. The minimum Gasteiger partial charge on any atom is -0.321 e. The predicted molar refractivity (Wildman–Crippen MR) is 47.3 cm³/mol. The highest BCUT2D eigenvalue weighted by Crippen LogP contribution is 2.27. The Morgan fingerprint density at radius 3 is 2.17 bits per heavy atom. The second-order valence-electron chi connectivity index (χ2n) is 4.43. The summed E-state index contributed by atoms with van der Waals surface area (Å²) in [5.41, 5.74) is 0.0958. The van der Waals surface area contributed by atoms with E-state index in [-0.39, 0.29) is 17.5 Å². The molecule has 1 saturated heterocycles. The van der Waals surface area contributed by atoms with Gasteiger partial charge in [0, 0.05) is 7.05 Å². The van der Waals surface area contributed by atoms with E-state index in [2.05, 4.69) is 20.8 Å². The van der Waals surface area contributed by atoms with Crippen molar-refractivity contribution in [1.29, 1.82) is 0 Å². The van der Waals surface area contributed by atoms with Gasteiger partial charge in [-0.05, 0) is 5.41 Å². The van der Waals surface area contributed by atoms with Crippen LogP contribution in [0.4, 0.5) is 4.79 Å². The number of hydrazine groups is 1. The number of nitrogens with two attached hydrogens (primary N) is 1. The minimum absolute atomic E-state index is 0.0880. The van der Waals surface area contributed by atoms with Crippen LogP contribution >= 0.6 is 0 Å². The molecule has 1 unspecified atom stereocenters. The fraction of sp³-hybridized carbons (Fsp3) is 0.875. The Labute approximate surface area is 73.3 Å². The van der Waals surface area contributed by atoms with Gasteiger partial charge < -0.3 is 4.90 Å². The van der Waals surface area contributed by atoms with Crippen LogP contribution in [0, 0.1) is 5.41 Å². The van der Waals surface area contributed by atoms with Gasteiger partial charge in [0.25, 0.3) is 0 Å². The molecule has 0 aromatic carbocycles. The van der Waals surface area contributed by atoms with Crippen molar-refractivity contribution >= 4 is 6.03 Å². The lowest BCUT2D eigenvalue weighted by molar-refractivity contribution is 0.173. The molecule has 0 saturated carbocycles. The van der Waals surface area contributed by atoms with Crippen LogP contribution < -0.4 is 5.84 Å². The Hall–Kier alpha value is -0.770. The first-order valence-corrected chi connectivity index (χ1v) is 4.13. The van der Waals surface area contributed by atoms with Gasteiger partial charge in [-0.15, -0.1) is 0 Å². The maximum atomic E-state index is 11.3. The molecular weight excluding hydrogens is 154 g/mol. The predicted octanol–water partition coefficient (Wildman–Crippen LogP) is 0.642. The Kier molecular flexibility index (Phi) is 2.04. The molecule has 0 aromatic heterocycles. The Balaban J connectivity index is 2.78. The van der Waals surface area contributed by atoms with Crippen molar-refractivity contribution in [2.75, 3.05) is 13.6 Å². The molecule has 2 N–H and O–H groups in total. The van der Waals surface area contributed by atoms with Gasteiger partial charge in [-0.3, -0.25) is 5.01 Å².